The molecule has 1 fully saturated rings. The van der Waals surface area contributed by atoms with Crippen LogP contribution in [-0.4, -0.2) is 17.5 Å². The highest BCUT2D eigenvalue weighted by Crippen LogP contribution is 2.27. The maximum Gasteiger partial charge on any atom is 0.0116 e. The summed E-state index contributed by atoms with van der Waals surface area (Å²) in [5, 5.41) is 0. The molecule has 2 rings (SSSR count). The van der Waals surface area contributed by atoms with Crippen molar-refractivity contribution in [1.29, 1.82) is 0 Å². The molecule has 0 aliphatic carbocycles. The van der Waals surface area contributed by atoms with Crippen LogP contribution in [0, 0.1) is 19.8 Å². The third-order valence-electron chi connectivity index (χ3n) is 3.53. The molecule has 0 saturated carbocycles. The largest absolute Gasteiger partial charge is 0.327 e. The van der Waals surface area contributed by atoms with Gasteiger partial charge in [-0.3, -0.25) is 0 Å². The first-order valence-electron chi connectivity index (χ1n) is 6.06. The number of thioether (sulfide) groups is 1. The van der Waals surface area contributed by atoms with Crippen LogP contribution in [0.4, 0.5) is 0 Å². The number of hydrogen-bond acceptors (Lipinski definition) is 2. The lowest BCUT2D eigenvalue weighted by molar-refractivity contribution is 0.462. The molecule has 0 aromatic heterocycles. The molecule has 1 heterocycles. The molecule has 2 unspecified atom stereocenters. The van der Waals surface area contributed by atoms with Gasteiger partial charge < -0.3 is 5.73 Å². The summed E-state index contributed by atoms with van der Waals surface area (Å²) in [4.78, 5) is 0. The summed E-state index contributed by atoms with van der Waals surface area (Å²) in [6.07, 6.45) is 2.34. The molecule has 0 spiro atoms. The molecule has 88 valence electrons. The van der Waals surface area contributed by atoms with Crippen LogP contribution in [-0.2, 0) is 6.42 Å². The van der Waals surface area contributed by atoms with Gasteiger partial charge in [0, 0.05) is 6.04 Å². The number of hydrogen-bond donors (Lipinski definition) is 1. The van der Waals surface area contributed by atoms with Crippen molar-refractivity contribution in [3.63, 3.8) is 0 Å². The van der Waals surface area contributed by atoms with Gasteiger partial charge in [0.05, 0.1) is 0 Å². The van der Waals surface area contributed by atoms with E-state index in [2.05, 4.69) is 32.0 Å². The minimum Gasteiger partial charge on any atom is -0.327 e. The van der Waals surface area contributed by atoms with Gasteiger partial charge in [-0.1, -0.05) is 23.8 Å². The normalized spacial score (nSPS) is 22.3. The molecule has 0 bridgehead atoms. The quantitative estimate of drug-likeness (QED) is 0.872. The molecule has 2 N–H and O–H groups in total. The highest BCUT2D eigenvalue weighted by molar-refractivity contribution is 7.99. The lowest BCUT2D eigenvalue weighted by Gasteiger charge is -2.19. The fraction of sp³-hybridized carbons (Fsp3) is 0.571. The van der Waals surface area contributed by atoms with Crippen molar-refractivity contribution in [3.8, 4) is 0 Å². The zero-order valence-corrected chi connectivity index (χ0v) is 11.0. The van der Waals surface area contributed by atoms with Gasteiger partial charge in [-0.25, -0.2) is 0 Å². The molecule has 2 heteroatoms. The maximum absolute atomic E-state index is 6.32. The summed E-state index contributed by atoms with van der Waals surface area (Å²) in [6.45, 7) is 4.34. The fourth-order valence-corrected chi connectivity index (χ4v) is 3.68. The van der Waals surface area contributed by atoms with Crippen molar-refractivity contribution in [3.05, 3.63) is 34.9 Å². The average molecular weight is 235 g/mol. The van der Waals surface area contributed by atoms with Crippen LogP contribution >= 0.6 is 11.8 Å². The van der Waals surface area contributed by atoms with Gasteiger partial charge in [0.25, 0.3) is 0 Å². The van der Waals surface area contributed by atoms with Crippen LogP contribution in [0.5, 0.6) is 0 Å². The second-order valence-electron chi connectivity index (χ2n) is 4.92. The van der Waals surface area contributed by atoms with E-state index in [4.69, 9.17) is 5.73 Å². The second-order valence-corrected chi connectivity index (χ2v) is 6.07. The molecule has 2 atom stereocenters. The van der Waals surface area contributed by atoms with E-state index in [1.807, 2.05) is 11.8 Å². The van der Waals surface area contributed by atoms with E-state index in [-0.39, 0.29) is 0 Å². The van der Waals surface area contributed by atoms with E-state index >= 15 is 0 Å². The van der Waals surface area contributed by atoms with Crippen LogP contribution in [0.25, 0.3) is 0 Å². The maximum atomic E-state index is 6.32. The Hall–Kier alpha value is -0.470. The molecule has 0 radical (unpaired) electrons. The highest BCUT2D eigenvalue weighted by Gasteiger charge is 2.22. The summed E-state index contributed by atoms with van der Waals surface area (Å²) < 4.78 is 0. The van der Waals surface area contributed by atoms with Gasteiger partial charge >= 0.3 is 0 Å². The zero-order chi connectivity index (χ0) is 11.5. The molecule has 0 amide bonds. The van der Waals surface area contributed by atoms with E-state index in [9.17, 15) is 0 Å². The lowest BCUT2D eigenvalue weighted by Crippen LogP contribution is -2.32. The van der Waals surface area contributed by atoms with Crippen LogP contribution < -0.4 is 5.73 Å². The van der Waals surface area contributed by atoms with Crippen LogP contribution in [0.1, 0.15) is 23.1 Å². The van der Waals surface area contributed by atoms with Gasteiger partial charge in [0.15, 0.2) is 0 Å². The molecular formula is C14H21NS. The summed E-state index contributed by atoms with van der Waals surface area (Å²) in [6, 6.07) is 7.02. The Morgan fingerprint density at radius 1 is 1.44 bits per heavy atom. The van der Waals surface area contributed by atoms with Crippen LogP contribution in [0.2, 0.25) is 0 Å². The number of aryl methyl sites for hydroxylation is 2. The van der Waals surface area contributed by atoms with E-state index in [1.165, 1.54) is 34.6 Å². The van der Waals surface area contributed by atoms with E-state index in [1.54, 1.807) is 0 Å². The molecule has 1 aromatic rings. The summed E-state index contributed by atoms with van der Waals surface area (Å²) in [7, 11) is 0. The molecule has 1 aromatic carbocycles. The van der Waals surface area contributed by atoms with Gasteiger partial charge in [-0.2, -0.15) is 11.8 Å². The predicted octanol–water partition coefficient (Wildman–Crippen LogP) is 2.93. The smallest absolute Gasteiger partial charge is 0.0116 e. The van der Waals surface area contributed by atoms with E-state index in [0.29, 0.717) is 6.04 Å². The predicted molar refractivity (Wildman–Crippen MR) is 73.0 cm³/mol. The Bertz CT molecular complexity index is 356. The van der Waals surface area contributed by atoms with E-state index in [0.717, 1.165) is 12.3 Å². The third kappa shape index (κ3) is 2.80. The van der Waals surface area contributed by atoms with Gasteiger partial charge in [0.1, 0.15) is 0 Å². The third-order valence-corrected chi connectivity index (χ3v) is 4.72. The standard InChI is InChI=1S/C14H21NS/c1-10-3-4-11(2)13(7-10)8-14(15)12-5-6-16-9-12/h3-4,7,12,14H,5-6,8-9,15H2,1-2H3. The zero-order valence-electron chi connectivity index (χ0n) is 10.2. The summed E-state index contributed by atoms with van der Waals surface area (Å²) >= 11 is 2.05. The Labute approximate surface area is 103 Å². The minimum atomic E-state index is 0.343. The minimum absolute atomic E-state index is 0.343. The molecule has 16 heavy (non-hydrogen) atoms. The van der Waals surface area contributed by atoms with Crippen molar-refractivity contribution in [2.24, 2.45) is 11.7 Å². The average Bonchev–Trinajstić information content (AvgIpc) is 2.76. The number of rotatable bonds is 3. The lowest BCUT2D eigenvalue weighted by atomic mass is 9.91. The molecule has 1 saturated heterocycles. The fourth-order valence-electron chi connectivity index (χ4n) is 2.33. The van der Waals surface area contributed by atoms with Crippen molar-refractivity contribution in [2.75, 3.05) is 11.5 Å². The Balaban J connectivity index is 2.04. The summed E-state index contributed by atoms with van der Waals surface area (Å²) in [5.41, 5.74) is 10.5. The van der Waals surface area contributed by atoms with Crippen molar-refractivity contribution < 1.29 is 0 Å². The topological polar surface area (TPSA) is 26.0 Å². The molecule has 1 nitrogen and oxygen atoms in total. The molecular weight excluding hydrogens is 214 g/mol. The van der Waals surface area contributed by atoms with Crippen molar-refractivity contribution in [1.82, 2.24) is 0 Å². The van der Waals surface area contributed by atoms with Crippen molar-refractivity contribution >= 4 is 11.8 Å². The van der Waals surface area contributed by atoms with E-state index < -0.39 is 0 Å². The first kappa shape index (κ1) is 12.0. The Morgan fingerprint density at radius 2 is 2.25 bits per heavy atom. The Morgan fingerprint density at radius 3 is 2.94 bits per heavy atom. The van der Waals surface area contributed by atoms with Crippen LogP contribution in [0.15, 0.2) is 18.2 Å². The van der Waals surface area contributed by atoms with Gasteiger partial charge in [0.2, 0.25) is 0 Å². The molecule has 1 aliphatic heterocycles. The first-order chi connectivity index (χ1) is 7.66. The summed E-state index contributed by atoms with van der Waals surface area (Å²) in [5.74, 6) is 3.28. The van der Waals surface area contributed by atoms with Gasteiger partial charge in [-0.15, -0.1) is 0 Å². The Kier molecular flexibility index (Phi) is 3.93. The highest BCUT2D eigenvalue weighted by atomic mass is 32.2. The SMILES string of the molecule is Cc1ccc(C)c(CC(N)C2CCSC2)c1. The monoisotopic (exact) mass is 235 g/mol. The first-order valence-corrected chi connectivity index (χ1v) is 7.22. The second kappa shape index (κ2) is 5.24. The number of nitrogens with two attached hydrogens (primary N) is 1. The van der Waals surface area contributed by atoms with Crippen molar-refractivity contribution in [2.45, 2.75) is 32.7 Å². The van der Waals surface area contributed by atoms with Crippen LogP contribution in [0.3, 0.4) is 0 Å². The van der Waals surface area contributed by atoms with Gasteiger partial charge in [-0.05, 0) is 55.2 Å². The number of benzene rings is 1. The molecule has 1 aliphatic rings.